The van der Waals surface area contributed by atoms with Crippen LogP contribution in [0.5, 0.6) is 0 Å². The highest BCUT2D eigenvalue weighted by atomic mass is 32.1. The first-order chi connectivity index (χ1) is 8.33. The summed E-state index contributed by atoms with van der Waals surface area (Å²) in [6.07, 6.45) is -0.478. The summed E-state index contributed by atoms with van der Waals surface area (Å²) in [4.78, 5) is 25.0. The number of ether oxygens (including phenoxy) is 1. The molecule has 0 saturated heterocycles. The molecule has 100 valence electrons. The fourth-order valence-electron chi connectivity index (χ4n) is 1.24. The molecule has 0 aromatic carbocycles. The molecule has 0 radical (unpaired) electrons. The molecule has 0 saturated carbocycles. The summed E-state index contributed by atoms with van der Waals surface area (Å²) < 4.78 is 9.18. The maximum Gasteiger partial charge on any atom is 0.410 e. The zero-order valence-electron chi connectivity index (χ0n) is 11.1. The van der Waals surface area contributed by atoms with Gasteiger partial charge in [0.25, 0.3) is 0 Å². The van der Waals surface area contributed by atoms with E-state index in [9.17, 15) is 9.59 Å². The molecular weight excluding hydrogens is 252 g/mol. The van der Waals surface area contributed by atoms with Gasteiger partial charge in [0.1, 0.15) is 11.3 Å². The van der Waals surface area contributed by atoms with Gasteiger partial charge in [-0.05, 0) is 45.3 Å². The summed E-state index contributed by atoms with van der Waals surface area (Å²) in [5, 5.41) is 1.73. The van der Waals surface area contributed by atoms with E-state index in [1.807, 2.05) is 0 Å². The van der Waals surface area contributed by atoms with Crippen LogP contribution in [-0.4, -0.2) is 39.8 Å². The fourth-order valence-corrected chi connectivity index (χ4v) is 1.77. The highest BCUT2D eigenvalue weighted by molar-refractivity contribution is 7.03. The summed E-state index contributed by atoms with van der Waals surface area (Å²) in [5.41, 5.74) is -0.171. The Morgan fingerprint density at radius 1 is 1.44 bits per heavy atom. The molecule has 0 unspecified atom stereocenters. The van der Waals surface area contributed by atoms with Crippen molar-refractivity contribution in [2.24, 2.45) is 0 Å². The zero-order chi connectivity index (χ0) is 13.8. The largest absolute Gasteiger partial charge is 0.444 e. The number of carbonyl (C=O) groups excluding carboxylic acids is 2. The minimum atomic E-state index is -0.561. The Labute approximate surface area is 111 Å². The molecular formula is C12H18N2O3S. The van der Waals surface area contributed by atoms with Crippen molar-refractivity contribution < 1.29 is 14.3 Å². The van der Waals surface area contributed by atoms with E-state index in [-0.39, 0.29) is 12.3 Å². The molecule has 0 N–H and O–H groups in total. The third-order valence-electron chi connectivity index (χ3n) is 2.09. The predicted octanol–water partition coefficient (Wildman–Crippen LogP) is 2.58. The second-order valence-electron chi connectivity index (χ2n) is 4.80. The summed E-state index contributed by atoms with van der Waals surface area (Å²) in [6.45, 7) is 7.60. The number of likely N-dealkylation sites (N-methyl/N-ethyl adjacent to an activating group) is 1. The van der Waals surface area contributed by atoms with E-state index in [1.165, 1.54) is 16.4 Å². The normalized spacial score (nSPS) is 11.1. The van der Waals surface area contributed by atoms with Crippen molar-refractivity contribution in [2.45, 2.75) is 33.3 Å². The summed E-state index contributed by atoms with van der Waals surface area (Å²) in [5.74, 6) is -0.177. The number of ketones is 1. The summed E-state index contributed by atoms with van der Waals surface area (Å²) in [7, 11) is 0. The molecule has 0 atom stereocenters. The highest BCUT2D eigenvalue weighted by Gasteiger charge is 2.23. The van der Waals surface area contributed by atoms with Gasteiger partial charge in [0, 0.05) is 11.9 Å². The molecule has 5 nitrogen and oxygen atoms in total. The first kappa shape index (κ1) is 14.6. The van der Waals surface area contributed by atoms with Gasteiger partial charge < -0.3 is 9.64 Å². The van der Waals surface area contributed by atoms with E-state index in [0.29, 0.717) is 12.2 Å². The van der Waals surface area contributed by atoms with Crippen molar-refractivity contribution in [1.29, 1.82) is 0 Å². The highest BCUT2D eigenvalue weighted by Crippen LogP contribution is 2.10. The van der Waals surface area contributed by atoms with E-state index < -0.39 is 11.7 Å². The summed E-state index contributed by atoms with van der Waals surface area (Å²) in [6, 6.07) is 1.65. The van der Waals surface area contributed by atoms with Gasteiger partial charge in [-0.1, -0.05) is 0 Å². The first-order valence-electron chi connectivity index (χ1n) is 5.75. The van der Waals surface area contributed by atoms with Gasteiger partial charge in [0.15, 0.2) is 0 Å². The maximum atomic E-state index is 11.8. The number of hydrogen-bond acceptors (Lipinski definition) is 5. The number of carbonyl (C=O) groups is 2. The second-order valence-corrected chi connectivity index (χ2v) is 5.47. The number of nitrogens with zero attached hydrogens (tertiary/aromatic N) is 2. The van der Waals surface area contributed by atoms with E-state index in [2.05, 4.69) is 4.37 Å². The van der Waals surface area contributed by atoms with Crippen LogP contribution in [0, 0.1) is 0 Å². The lowest BCUT2D eigenvalue weighted by atomic mass is 10.2. The second kappa shape index (κ2) is 5.95. The van der Waals surface area contributed by atoms with Gasteiger partial charge in [-0.15, -0.1) is 0 Å². The molecule has 1 amide bonds. The summed E-state index contributed by atoms with van der Waals surface area (Å²) >= 11 is 1.22. The van der Waals surface area contributed by atoms with E-state index in [1.54, 1.807) is 39.1 Å². The average Bonchev–Trinajstić information content (AvgIpc) is 2.76. The molecule has 0 fully saturated rings. The molecule has 0 aliphatic carbocycles. The standard InChI is InChI=1S/C12H18N2O3S/c1-5-14(11(16)17-12(2,3)4)8-10(15)9-6-7-18-13-9/h6-7H,5,8H2,1-4H3. The van der Waals surface area contributed by atoms with Crippen molar-refractivity contribution >= 4 is 23.4 Å². The van der Waals surface area contributed by atoms with Crippen LogP contribution in [-0.2, 0) is 4.74 Å². The third-order valence-corrected chi connectivity index (χ3v) is 2.65. The van der Waals surface area contributed by atoms with E-state index >= 15 is 0 Å². The minimum Gasteiger partial charge on any atom is -0.444 e. The molecule has 1 aromatic rings. The Hall–Kier alpha value is -1.43. The third kappa shape index (κ3) is 4.44. The monoisotopic (exact) mass is 270 g/mol. The Bertz CT molecular complexity index is 409. The van der Waals surface area contributed by atoms with E-state index in [0.717, 1.165) is 0 Å². The number of Topliss-reactive ketones (excluding diaryl/α,β-unsaturated/α-hetero) is 1. The average molecular weight is 270 g/mol. The van der Waals surface area contributed by atoms with Gasteiger partial charge in [-0.25, -0.2) is 4.79 Å². The molecule has 1 rings (SSSR count). The lowest BCUT2D eigenvalue weighted by Gasteiger charge is -2.25. The van der Waals surface area contributed by atoms with Crippen LogP contribution in [0.15, 0.2) is 11.4 Å². The topological polar surface area (TPSA) is 59.5 Å². The molecule has 18 heavy (non-hydrogen) atoms. The van der Waals surface area contributed by atoms with Crippen molar-refractivity contribution in [1.82, 2.24) is 9.27 Å². The number of hydrogen-bond donors (Lipinski definition) is 0. The SMILES string of the molecule is CCN(CC(=O)c1ccsn1)C(=O)OC(C)(C)C. The quantitative estimate of drug-likeness (QED) is 0.789. The van der Waals surface area contributed by atoms with Crippen LogP contribution in [0.3, 0.4) is 0 Å². The fraction of sp³-hybridized carbons (Fsp3) is 0.583. The van der Waals surface area contributed by atoms with Gasteiger partial charge in [-0.2, -0.15) is 4.37 Å². The van der Waals surface area contributed by atoms with Crippen molar-refractivity contribution in [3.05, 3.63) is 17.1 Å². The Morgan fingerprint density at radius 2 is 2.11 bits per heavy atom. The van der Waals surface area contributed by atoms with Gasteiger partial charge in [0.05, 0.1) is 6.54 Å². The molecule has 0 aliphatic rings. The van der Waals surface area contributed by atoms with Crippen molar-refractivity contribution in [3.8, 4) is 0 Å². The van der Waals surface area contributed by atoms with Crippen LogP contribution in [0.1, 0.15) is 38.2 Å². The number of aromatic nitrogens is 1. The lowest BCUT2D eigenvalue weighted by Crippen LogP contribution is -2.39. The molecule has 0 bridgehead atoms. The molecule has 6 heteroatoms. The molecule has 0 aliphatic heterocycles. The Morgan fingerprint density at radius 3 is 2.56 bits per heavy atom. The van der Waals surface area contributed by atoms with Crippen LogP contribution in [0.25, 0.3) is 0 Å². The predicted molar refractivity (Wildman–Crippen MR) is 69.9 cm³/mol. The van der Waals surface area contributed by atoms with Crippen LogP contribution >= 0.6 is 11.5 Å². The van der Waals surface area contributed by atoms with Crippen molar-refractivity contribution in [3.63, 3.8) is 0 Å². The lowest BCUT2D eigenvalue weighted by molar-refractivity contribution is 0.0257. The first-order valence-corrected chi connectivity index (χ1v) is 6.58. The number of rotatable bonds is 4. The minimum absolute atomic E-state index is 0.00481. The van der Waals surface area contributed by atoms with Crippen molar-refractivity contribution in [2.75, 3.05) is 13.1 Å². The van der Waals surface area contributed by atoms with Gasteiger partial charge >= 0.3 is 6.09 Å². The van der Waals surface area contributed by atoms with Crippen LogP contribution in [0.4, 0.5) is 4.79 Å². The van der Waals surface area contributed by atoms with Crippen LogP contribution in [0.2, 0.25) is 0 Å². The molecule has 1 heterocycles. The Balaban J connectivity index is 2.62. The number of amides is 1. The van der Waals surface area contributed by atoms with Crippen LogP contribution < -0.4 is 0 Å². The molecule has 1 aromatic heterocycles. The Kier molecular flexibility index (Phi) is 4.84. The van der Waals surface area contributed by atoms with Gasteiger partial charge in [-0.3, -0.25) is 4.79 Å². The molecule has 0 spiro atoms. The zero-order valence-corrected chi connectivity index (χ0v) is 11.9. The van der Waals surface area contributed by atoms with Gasteiger partial charge in [0.2, 0.25) is 5.78 Å². The maximum absolute atomic E-state index is 11.8. The smallest absolute Gasteiger partial charge is 0.410 e. The van der Waals surface area contributed by atoms with E-state index in [4.69, 9.17) is 4.74 Å².